The molecule has 0 aliphatic heterocycles. The SMILES string of the molecule is C=C(NC)C(C)C#N. The molecule has 1 atom stereocenters. The third-order valence-corrected chi connectivity index (χ3v) is 1.04. The molecule has 0 saturated heterocycles. The smallest absolute Gasteiger partial charge is 0.0825 e. The van der Waals surface area contributed by atoms with Gasteiger partial charge in [0.05, 0.1) is 12.0 Å². The van der Waals surface area contributed by atoms with Crippen LogP contribution in [-0.2, 0) is 0 Å². The van der Waals surface area contributed by atoms with Crippen molar-refractivity contribution in [2.24, 2.45) is 5.92 Å². The van der Waals surface area contributed by atoms with Crippen molar-refractivity contribution in [3.63, 3.8) is 0 Å². The molecular weight excluding hydrogens is 100 g/mol. The van der Waals surface area contributed by atoms with E-state index in [0.29, 0.717) is 0 Å². The van der Waals surface area contributed by atoms with E-state index in [-0.39, 0.29) is 5.92 Å². The van der Waals surface area contributed by atoms with Gasteiger partial charge in [-0.2, -0.15) is 5.26 Å². The summed E-state index contributed by atoms with van der Waals surface area (Å²) >= 11 is 0. The molecule has 0 radical (unpaired) electrons. The summed E-state index contributed by atoms with van der Waals surface area (Å²) in [6, 6.07) is 2.05. The topological polar surface area (TPSA) is 35.8 Å². The fraction of sp³-hybridized carbons (Fsp3) is 0.500. The molecule has 0 spiro atoms. The summed E-state index contributed by atoms with van der Waals surface area (Å²) in [5.41, 5.74) is 0.771. The maximum atomic E-state index is 8.29. The molecule has 8 heavy (non-hydrogen) atoms. The quantitative estimate of drug-likeness (QED) is 0.572. The number of nitriles is 1. The number of allylic oxidation sites excluding steroid dienone is 1. The molecule has 44 valence electrons. The van der Waals surface area contributed by atoms with E-state index >= 15 is 0 Å². The Morgan fingerprint density at radius 1 is 1.88 bits per heavy atom. The molecule has 2 heteroatoms. The van der Waals surface area contributed by atoms with Crippen LogP contribution in [-0.4, -0.2) is 7.05 Å². The highest BCUT2D eigenvalue weighted by Crippen LogP contribution is 1.99. The lowest BCUT2D eigenvalue weighted by Gasteiger charge is -2.03. The second-order valence-electron chi connectivity index (χ2n) is 1.63. The van der Waals surface area contributed by atoms with Gasteiger partial charge in [0.25, 0.3) is 0 Å². The van der Waals surface area contributed by atoms with Crippen LogP contribution in [0.3, 0.4) is 0 Å². The second-order valence-corrected chi connectivity index (χ2v) is 1.63. The van der Waals surface area contributed by atoms with E-state index in [1.54, 1.807) is 14.0 Å². The van der Waals surface area contributed by atoms with E-state index in [9.17, 15) is 0 Å². The lowest BCUT2D eigenvalue weighted by molar-refractivity contribution is 0.783. The first-order valence-electron chi connectivity index (χ1n) is 2.48. The van der Waals surface area contributed by atoms with Crippen LogP contribution in [0.1, 0.15) is 6.92 Å². The van der Waals surface area contributed by atoms with Crippen molar-refractivity contribution in [3.8, 4) is 6.07 Å². The number of rotatable bonds is 2. The minimum absolute atomic E-state index is 0.0833. The largest absolute Gasteiger partial charge is 0.391 e. The van der Waals surface area contributed by atoms with Crippen LogP contribution in [0.15, 0.2) is 12.3 Å². The van der Waals surface area contributed by atoms with Gasteiger partial charge in [0.1, 0.15) is 0 Å². The third kappa shape index (κ3) is 1.65. The van der Waals surface area contributed by atoms with Gasteiger partial charge in [0.15, 0.2) is 0 Å². The zero-order chi connectivity index (χ0) is 6.57. The maximum absolute atomic E-state index is 8.29. The molecule has 0 aliphatic rings. The zero-order valence-corrected chi connectivity index (χ0v) is 5.23. The van der Waals surface area contributed by atoms with Crippen LogP contribution in [0.25, 0.3) is 0 Å². The highest BCUT2D eigenvalue weighted by atomic mass is 14.8. The van der Waals surface area contributed by atoms with E-state index in [2.05, 4.69) is 18.0 Å². The first-order chi connectivity index (χ1) is 3.72. The van der Waals surface area contributed by atoms with Crippen LogP contribution in [0.5, 0.6) is 0 Å². The van der Waals surface area contributed by atoms with Gasteiger partial charge in [-0.15, -0.1) is 0 Å². The van der Waals surface area contributed by atoms with Crippen molar-refractivity contribution in [1.29, 1.82) is 5.26 Å². The van der Waals surface area contributed by atoms with Crippen LogP contribution in [0.4, 0.5) is 0 Å². The Morgan fingerprint density at radius 3 is 2.50 bits per heavy atom. The lowest BCUT2D eigenvalue weighted by Crippen LogP contribution is -2.10. The number of hydrogen-bond donors (Lipinski definition) is 1. The molecule has 0 aromatic heterocycles. The molecule has 0 rings (SSSR count). The summed E-state index contributed by atoms with van der Waals surface area (Å²) < 4.78 is 0. The van der Waals surface area contributed by atoms with Gasteiger partial charge in [-0.1, -0.05) is 6.58 Å². The average Bonchev–Trinajstić information content (AvgIpc) is 1.84. The molecule has 0 amide bonds. The number of nitrogens with zero attached hydrogens (tertiary/aromatic N) is 1. The Morgan fingerprint density at radius 2 is 2.38 bits per heavy atom. The predicted octanol–water partition coefficient (Wildman–Crippen LogP) is 0.879. The second kappa shape index (κ2) is 3.09. The summed E-state index contributed by atoms with van der Waals surface area (Å²) in [5, 5.41) is 11.1. The Labute approximate surface area is 49.8 Å². The fourth-order valence-electron chi connectivity index (χ4n) is 0.294. The fourth-order valence-corrected chi connectivity index (χ4v) is 0.294. The summed E-state index contributed by atoms with van der Waals surface area (Å²) in [4.78, 5) is 0. The predicted molar refractivity (Wildman–Crippen MR) is 33.0 cm³/mol. The first-order valence-corrected chi connectivity index (χ1v) is 2.48. The summed E-state index contributed by atoms with van der Waals surface area (Å²) in [5.74, 6) is -0.0833. The maximum Gasteiger partial charge on any atom is 0.0825 e. The van der Waals surface area contributed by atoms with Gasteiger partial charge >= 0.3 is 0 Å². The first kappa shape index (κ1) is 7.03. The van der Waals surface area contributed by atoms with Crippen LogP contribution < -0.4 is 5.32 Å². The van der Waals surface area contributed by atoms with Crippen molar-refractivity contribution >= 4 is 0 Å². The highest BCUT2D eigenvalue weighted by molar-refractivity contribution is 5.04. The average molecular weight is 110 g/mol. The molecule has 0 saturated carbocycles. The molecule has 0 heterocycles. The van der Waals surface area contributed by atoms with Crippen molar-refractivity contribution in [2.45, 2.75) is 6.92 Å². The van der Waals surface area contributed by atoms with E-state index in [1.807, 2.05) is 0 Å². The Hall–Kier alpha value is -0.970. The van der Waals surface area contributed by atoms with Crippen LogP contribution in [0.2, 0.25) is 0 Å². The number of nitrogens with one attached hydrogen (secondary N) is 1. The monoisotopic (exact) mass is 110 g/mol. The minimum Gasteiger partial charge on any atom is -0.391 e. The van der Waals surface area contributed by atoms with Gasteiger partial charge < -0.3 is 5.32 Å². The molecule has 0 fully saturated rings. The van der Waals surface area contributed by atoms with Gasteiger partial charge in [0.2, 0.25) is 0 Å². The summed E-state index contributed by atoms with van der Waals surface area (Å²) in [6.07, 6.45) is 0. The normalized spacial score (nSPS) is 11.6. The van der Waals surface area contributed by atoms with Crippen molar-refractivity contribution in [1.82, 2.24) is 5.32 Å². The minimum atomic E-state index is -0.0833. The molecule has 1 N–H and O–H groups in total. The summed E-state index contributed by atoms with van der Waals surface area (Å²) in [7, 11) is 1.76. The van der Waals surface area contributed by atoms with E-state index < -0.39 is 0 Å². The summed E-state index contributed by atoms with van der Waals surface area (Å²) in [6.45, 7) is 5.41. The van der Waals surface area contributed by atoms with Gasteiger partial charge in [-0.25, -0.2) is 0 Å². The van der Waals surface area contributed by atoms with E-state index in [1.165, 1.54) is 0 Å². The van der Waals surface area contributed by atoms with Crippen LogP contribution in [0, 0.1) is 17.2 Å². The molecule has 0 aromatic carbocycles. The van der Waals surface area contributed by atoms with Gasteiger partial charge in [0, 0.05) is 12.7 Å². The molecule has 0 aliphatic carbocycles. The molecule has 2 nitrogen and oxygen atoms in total. The van der Waals surface area contributed by atoms with Crippen LogP contribution >= 0.6 is 0 Å². The van der Waals surface area contributed by atoms with E-state index in [4.69, 9.17) is 5.26 Å². The van der Waals surface area contributed by atoms with Crippen molar-refractivity contribution in [2.75, 3.05) is 7.05 Å². The Balaban J connectivity index is 3.68. The highest BCUT2D eigenvalue weighted by Gasteiger charge is 1.99. The standard InChI is InChI=1S/C6H10N2/c1-5(4-7)6(2)8-3/h5,8H,2H2,1,3H3. The number of hydrogen-bond acceptors (Lipinski definition) is 2. The third-order valence-electron chi connectivity index (χ3n) is 1.04. The van der Waals surface area contributed by atoms with Gasteiger partial charge in [-0.05, 0) is 6.92 Å². The molecule has 1 unspecified atom stereocenters. The van der Waals surface area contributed by atoms with Crippen molar-refractivity contribution < 1.29 is 0 Å². The zero-order valence-electron chi connectivity index (χ0n) is 5.23. The molecule has 0 aromatic rings. The molecular formula is C6H10N2. The molecule has 0 bridgehead atoms. The van der Waals surface area contributed by atoms with Gasteiger partial charge in [-0.3, -0.25) is 0 Å². The Kier molecular flexibility index (Phi) is 2.71. The van der Waals surface area contributed by atoms with E-state index in [0.717, 1.165) is 5.70 Å². The van der Waals surface area contributed by atoms with Crippen molar-refractivity contribution in [3.05, 3.63) is 12.3 Å². The lowest BCUT2D eigenvalue weighted by atomic mass is 10.1. The Bertz CT molecular complexity index is 121.